The molecule has 1 amide bonds. The number of halogens is 2. The molecule has 0 radical (unpaired) electrons. The zero-order valence-corrected chi connectivity index (χ0v) is 16.6. The highest BCUT2D eigenvalue weighted by molar-refractivity contribution is 6.42. The Labute approximate surface area is 163 Å². The van der Waals surface area contributed by atoms with Gasteiger partial charge in [-0.1, -0.05) is 37.0 Å². The van der Waals surface area contributed by atoms with Crippen LogP contribution in [0.15, 0.2) is 12.1 Å². The summed E-state index contributed by atoms with van der Waals surface area (Å²) in [6.07, 6.45) is 6.82. The van der Waals surface area contributed by atoms with Gasteiger partial charge in [-0.2, -0.15) is 0 Å². The van der Waals surface area contributed by atoms with E-state index in [2.05, 4.69) is 29.1 Å². The fraction of sp³-hybridized carbons (Fsp3) is 0.600. The number of benzene rings is 1. The number of hydrogen-bond acceptors (Lipinski definition) is 2. The predicted octanol–water partition coefficient (Wildman–Crippen LogP) is 5.80. The van der Waals surface area contributed by atoms with Gasteiger partial charge in [-0.25, -0.2) is 4.98 Å². The van der Waals surface area contributed by atoms with E-state index >= 15 is 0 Å². The van der Waals surface area contributed by atoms with Crippen molar-refractivity contribution in [3.8, 4) is 0 Å². The highest BCUT2D eigenvalue weighted by Gasteiger charge is 2.62. The summed E-state index contributed by atoms with van der Waals surface area (Å²) in [4.78, 5) is 21.0. The van der Waals surface area contributed by atoms with Gasteiger partial charge in [0.15, 0.2) is 0 Å². The smallest absolute Gasteiger partial charge is 0.232 e. The summed E-state index contributed by atoms with van der Waals surface area (Å²) in [5.41, 5.74) is 1.84. The predicted molar refractivity (Wildman–Crippen MR) is 105 cm³/mol. The molecule has 2 N–H and O–H groups in total. The van der Waals surface area contributed by atoms with Gasteiger partial charge in [0.1, 0.15) is 0 Å². The number of rotatable bonds is 2. The van der Waals surface area contributed by atoms with Gasteiger partial charge >= 0.3 is 0 Å². The number of aromatic nitrogens is 2. The molecular formula is C20H23Cl2N3O. The molecule has 0 spiro atoms. The van der Waals surface area contributed by atoms with E-state index in [0.717, 1.165) is 24.8 Å². The molecule has 6 rings (SSSR count). The van der Waals surface area contributed by atoms with Crippen LogP contribution in [0.1, 0.15) is 52.4 Å². The van der Waals surface area contributed by atoms with Gasteiger partial charge in [0.25, 0.3) is 0 Å². The number of hydrogen-bond donors (Lipinski definition) is 2. The van der Waals surface area contributed by atoms with E-state index in [4.69, 9.17) is 23.2 Å². The quantitative estimate of drug-likeness (QED) is 0.678. The first kappa shape index (κ1) is 16.9. The molecule has 4 fully saturated rings. The van der Waals surface area contributed by atoms with Gasteiger partial charge < -0.3 is 4.98 Å². The van der Waals surface area contributed by atoms with E-state index in [0.29, 0.717) is 38.3 Å². The maximum atomic E-state index is 13.3. The van der Waals surface area contributed by atoms with Gasteiger partial charge in [0, 0.05) is 0 Å². The van der Waals surface area contributed by atoms with E-state index < -0.39 is 0 Å². The van der Waals surface area contributed by atoms with Gasteiger partial charge in [-0.15, -0.1) is 0 Å². The fourth-order valence-electron chi connectivity index (χ4n) is 7.01. The molecule has 4 saturated carbocycles. The number of imidazole rings is 1. The maximum absolute atomic E-state index is 13.3. The Bertz CT molecular complexity index is 880. The minimum Gasteiger partial charge on any atom is -0.324 e. The average molecular weight is 392 g/mol. The van der Waals surface area contributed by atoms with E-state index in [1.807, 2.05) is 0 Å². The molecule has 1 heterocycles. The Hall–Kier alpha value is -1.26. The number of carbonyl (C=O) groups is 1. The molecule has 2 unspecified atom stereocenters. The Morgan fingerprint density at radius 2 is 1.77 bits per heavy atom. The van der Waals surface area contributed by atoms with Gasteiger partial charge in [-0.05, 0) is 67.4 Å². The van der Waals surface area contributed by atoms with Gasteiger partial charge in [0.05, 0.1) is 26.5 Å². The molecule has 138 valence electrons. The third-order valence-corrected chi connectivity index (χ3v) is 7.59. The molecular weight excluding hydrogens is 369 g/mol. The molecule has 2 atom stereocenters. The van der Waals surface area contributed by atoms with Crippen molar-refractivity contribution in [2.24, 2.45) is 22.2 Å². The van der Waals surface area contributed by atoms with Crippen molar-refractivity contribution in [2.75, 3.05) is 5.32 Å². The Kier molecular flexibility index (Phi) is 3.36. The van der Waals surface area contributed by atoms with Crippen LogP contribution in [-0.2, 0) is 4.79 Å². The summed E-state index contributed by atoms with van der Waals surface area (Å²) in [6.45, 7) is 4.76. The summed E-state index contributed by atoms with van der Waals surface area (Å²) in [5.74, 6) is 1.28. The molecule has 4 nitrogen and oxygen atoms in total. The second kappa shape index (κ2) is 5.17. The van der Waals surface area contributed by atoms with Crippen LogP contribution in [0.2, 0.25) is 10.0 Å². The number of carbonyl (C=O) groups excluding carboxylic acids is 1. The lowest BCUT2D eigenvalue weighted by Gasteiger charge is -2.64. The number of nitrogens with one attached hydrogen (secondary N) is 2. The summed E-state index contributed by atoms with van der Waals surface area (Å²) in [5, 5.41) is 4.01. The molecule has 6 heteroatoms. The largest absolute Gasteiger partial charge is 0.324 e. The standard InChI is InChI=1S/C20H23Cl2N3O/c1-18-5-11-6-19(2,8-18)10-20(7-11,9-18)16(26)25-17-23-14-3-12(21)13(22)4-15(14)24-17/h3-4,11H,5-10H2,1-2H3,(H2,23,24,25,26). The van der Waals surface area contributed by atoms with Crippen LogP contribution in [0.5, 0.6) is 0 Å². The van der Waals surface area contributed by atoms with Crippen molar-refractivity contribution < 1.29 is 4.79 Å². The SMILES string of the molecule is CC12CC3CC(C)(C1)CC(C(=O)Nc1nc4cc(Cl)c(Cl)cc4[nH]1)(C3)C2. The van der Waals surface area contributed by atoms with E-state index in [1.165, 1.54) is 19.3 Å². The van der Waals surface area contributed by atoms with E-state index in [9.17, 15) is 4.79 Å². The van der Waals surface area contributed by atoms with Crippen LogP contribution >= 0.6 is 23.2 Å². The minimum absolute atomic E-state index is 0.121. The Morgan fingerprint density at radius 3 is 2.42 bits per heavy atom. The summed E-state index contributed by atoms with van der Waals surface area (Å²) < 4.78 is 0. The first-order valence-corrected chi connectivity index (χ1v) is 10.1. The zero-order chi connectivity index (χ0) is 18.3. The molecule has 4 bridgehead atoms. The lowest BCUT2D eigenvalue weighted by molar-refractivity contribution is -0.165. The normalized spacial score (nSPS) is 38.1. The maximum Gasteiger partial charge on any atom is 0.232 e. The third kappa shape index (κ3) is 2.49. The van der Waals surface area contributed by atoms with Crippen LogP contribution in [0.3, 0.4) is 0 Å². The van der Waals surface area contributed by atoms with Crippen molar-refractivity contribution in [3.63, 3.8) is 0 Å². The van der Waals surface area contributed by atoms with Gasteiger partial charge in [0.2, 0.25) is 11.9 Å². The number of fused-ring (bicyclic) bond motifs is 1. The van der Waals surface area contributed by atoms with Crippen LogP contribution in [0, 0.1) is 22.2 Å². The number of amides is 1. The molecule has 1 aromatic carbocycles. The second-order valence-electron chi connectivity index (χ2n) is 9.73. The van der Waals surface area contributed by atoms with Crippen molar-refractivity contribution in [3.05, 3.63) is 22.2 Å². The third-order valence-electron chi connectivity index (χ3n) is 6.86. The number of H-pyrrole nitrogens is 1. The molecule has 2 aromatic rings. The number of anilines is 1. The van der Waals surface area contributed by atoms with Crippen molar-refractivity contribution in [1.82, 2.24) is 9.97 Å². The van der Waals surface area contributed by atoms with Crippen molar-refractivity contribution in [1.29, 1.82) is 0 Å². The van der Waals surface area contributed by atoms with E-state index in [-0.39, 0.29) is 11.3 Å². The average Bonchev–Trinajstić information content (AvgIpc) is 2.85. The number of nitrogens with zero attached hydrogens (tertiary/aromatic N) is 1. The summed E-state index contributed by atoms with van der Waals surface area (Å²) in [6, 6.07) is 3.47. The molecule has 4 aliphatic carbocycles. The monoisotopic (exact) mass is 391 g/mol. The highest BCUT2D eigenvalue weighted by Crippen LogP contribution is 2.69. The molecule has 4 aliphatic rings. The Morgan fingerprint density at radius 1 is 1.12 bits per heavy atom. The van der Waals surface area contributed by atoms with Crippen LogP contribution in [-0.4, -0.2) is 15.9 Å². The van der Waals surface area contributed by atoms with Crippen molar-refractivity contribution >= 4 is 46.1 Å². The van der Waals surface area contributed by atoms with Crippen LogP contribution in [0.25, 0.3) is 11.0 Å². The van der Waals surface area contributed by atoms with Gasteiger partial charge in [-0.3, -0.25) is 10.1 Å². The topological polar surface area (TPSA) is 57.8 Å². The van der Waals surface area contributed by atoms with Crippen molar-refractivity contribution in [2.45, 2.75) is 52.4 Å². The number of aromatic amines is 1. The first-order chi connectivity index (χ1) is 12.2. The highest BCUT2D eigenvalue weighted by atomic mass is 35.5. The fourth-order valence-corrected chi connectivity index (χ4v) is 7.33. The molecule has 26 heavy (non-hydrogen) atoms. The summed E-state index contributed by atoms with van der Waals surface area (Å²) >= 11 is 12.1. The van der Waals surface area contributed by atoms with E-state index in [1.54, 1.807) is 12.1 Å². The zero-order valence-electron chi connectivity index (χ0n) is 15.1. The minimum atomic E-state index is -0.253. The molecule has 1 aromatic heterocycles. The van der Waals surface area contributed by atoms with Crippen LogP contribution in [0.4, 0.5) is 5.95 Å². The lowest BCUT2D eigenvalue weighted by atomic mass is 9.40. The molecule has 0 saturated heterocycles. The lowest BCUT2D eigenvalue weighted by Crippen LogP contribution is -2.58. The summed E-state index contributed by atoms with van der Waals surface area (Å²) in [7, 11) is 0. The second-order valence-corrected chi connectivity index (χ2v) is 10.5. The Balaban J connectivity index is 1.45. The molecule has 0 aliphatic heterocycles. The van der Waals surface area contributed by atoms with Crippen LogP contribution < -0.4 is 5.32 Å². The first-order valence-electron chi connectivity index (χ1n) is 9.34.